The lowest BCUT2D eigenvalue weighted by Gasteiger charge is -2.29. The van der Waals surface area contributed by atoms with Crippen molar-refractivity contribution in [3.8, 4) is 12.3 Å². The van der Waals surface area contributed by atoms with Crippen LogP contribution in [-0.4, -0.2) is 36.5 Å². The molecule has 3 nitrogen and oxygen atoms in total. The highest BCUT2D eigenvalue weighted by Gasteiger charge is 2.22. The van der Waals surface area contributed by atoms with Crippen molar-refractivity contribution in [2.45, 2.75) is 64.2 Å². The van der Waals surface area contributed by atoms with E-state index in [4.69, 9.17) is 11.2 Å². The Morgan fingerprint density at radius 3 is 2.78 bits per heavy atom. The SMILES string of the molecule is C#CC(CC)NCC(O)COC1CCCCC1C. The van der Waals surface area contributed by atoms with E-state index in [1.807, 2.05) is 6.92 Å². The molecule has 4 atom stereocenters. The molecule has 104 valence electrons. The predicted octanol–water partition coefficient (Wildman–Crippen LogP) is 1.94. The molecule has 0 aromatic heterocycles. The zero-order valence-corrected chi connectivity index (χ0v) is 11.7. The van der Waals surface area contributed by atoms with Gasteiger partial charge in [0.15, 0.2) is 0 Å². The molecule has 0 bridgehead atoms. The maximum absolute atomic E-state index is 9.85. The predicted molar refractivity (Wildman–Crippen MR) is 74.3 cm³/mol. The number of hydrogen-bond acceptors (Lipinski definition) is 3. The molecule has 0 spiro atoms. The number of hydrogen-bond donors (Lipinski definition) is 2. The first-order valence-electron chi connectivity index (χ1n) is 7.16. The monoisotopic (exact) mass is 253 g/mol. The van der Waals surface area contributed by atoms with Gasteiger partial charge in [0.2, 0.25) is 0 Å². The molecular formula is C15H27NO2. The lowest BCUT2D eigenvalue weighted by Crippen LogP contribution is -2.38. The van der Waals surface area contributed by atoms with E-state index < -0.39 is 6.10 Å². The molecule has 0 amide bonds. The summed E-state index contributed by atoms with van der Waals surface area (Å²) >= 11 is 0. The number of aliphatic hydroxyl groups excluding tert-OH is 1. The first kappa shape index (κ1) is 15.5. The standard InChI is InChI=1S/C15H27NO2/c1-4-13(5-2)16-10-14(17)11-18-15-9-7-6-8-12(15)3/h1,12-17H,5-11H2,2-3H3. The highest BCUT2D eigenvalue weighted by molar-refractivity contribution is 4.98. The number of nitrogens with one attached hydrogen (secondary N) is 1. The van der Waals surface area contributed by atoms with Gasteiger partial charge in [-0.1, -0.05) is 32.6 Å². The zero-order chi connectivity index (χ0) is 13.4. The van der Waals surface area contributed by atoms with E-state index in [1.165, 1.54) is 19.3 Å². The van der Waals surface area contributed by atoms with Gasteiger partial charge in [-0.3, -0.25) is 0 Å². The quantitative estimate of drug-likeness (QED) is 0.681. The summed E-state index contributed by atoms with van der Waals surface area (Å²) < 4.78 is 5.81. The van der Waals surface area contributed by atoms with E-state index in [9.17, 15) is 5.11 Å². The number of rotatable bonds is 7. The summed E-state index contributed by atoms with van der Waals surface area (Å²) in [5, 5.41) is 13.0. The molecule has 0 radical (unpaired) electrons. The lowest BCUT2D eigenvalue weighted by atomic mass is 9.88. The fraction of sp³-hybridized carbons (Fsp3) is 0.867. The van der Waals surface area contributed by atoms with Gasteiger partial charge in [0.25, 0.3) is 0 Å². The summed E-state index contributed by atoms with van der Waals surface area (Å²) in [6, 6.07) is 0.0493. The topological polar surface area (TPSA) is 41.5 Å². The van der Waals surface area contributed by atoms with Crippen LogP contribution < -0.4 is 5.32 Å². The van der Waals surface area contributed by atoms with E-state index in [0.717, 1.165) is 12.8 Å². The molecule has 1 fully saturated rings. The molecule has 0 aromatic carbocycles. The highest BCUT2D eigenvalue weighted by atomic mass is 16.5. The molecule has 0 heterocycles. The molecule has 1 rings (SSSR count). The van der Waals surface area contributed by atoms with Gasteiger partial charge >= 0.3 is 0 Å². The number of ether oxygens (including phenoxy) is 1. The third kappa shape index (κ3) is 5.39. The molecule has 0 aliphatic heterocycles. The summed E-state index contributed by atoms with van der Waals surface area (Å²) in [6.07, 6.45) is 11.0. The first-order valence-corrected chi connectivity index (χ1v) is 7.16. The third-order valence-electron chi connectivity index (χ3n) is 3.74. The lowest BCUT2D eigenvalue weighted by molar-refractivity contribution is -0.0453. The van der Waals surface area contributed by atoms with E-state index in [1.54, 1.807) is 0 Å². The van der Waals surface area contributed by atoms with Crippen LogP contribution in [0.3, 0.4) is 0 Å². The third-order valence-corrected chi connectivity index (χ3v) is 3.74. The van der Waals surface area contributed by atoms with Crippen LogP contribution in [-0.2, 0) is 4.74 Å². The average molecular weight is 253 g/mol. The van der Waals surface area contributed by atoms with Crippen molar-refractivity contribution in [3.63, 3.8) is 0 Å². The van der Waals surface area contributed by atoms with Crippen molar-refractivity contribution >= 4 is 0 Å². The van der Waals surface area contributed by atoms with Gasteiger partial charge in [-0.25, -0.2) is 0 Å². The molecule has 18 heavy (non-hydrogen) atoms. The largest absolute Gasteiger partial charge is 0.389 e. The fourth-order valence-electron chi connectivity index (χ4n) is 2.42. The van der Waals surface area contributed by atoms with E-state index in [2.05, 4.69) is 18.2 Å². The maximum atomic E-state index is 9.85. The molecule has 1 aliphatic rings. The van der Waals surface area contributed by atoms with Crippen molar-refractivity contribution < 1.29 is 9.84 Å². The molecule has 0 saturated heterocycles. The smallest absolute Gasteiger partial charge is 0.0898 e. The van der Waals surface area contributed by atoms with Crippen LogP contribution in [0.15, 0.2) is 0 Å². The van der Waals surface area contributed by atoms with E-state index in [-0.39, 0.29) is 6.04 Å². The van der Waals surface area contributed by atoms with E-state index >= 15 is 0 Å². The summed E-state index contributed by atoms with van der Waals surface area (Å²) in [7, 11) is 0. The van der Waals surface area contributed by atoms with Crippen molar-refractivity contribution in [2.24, 2.45) is 5.92 Å². The minimum atomic E-state index is -0.471. The molecule has 0 aromatic rings. The minimum Gasteiger partial charge on any atom is -0.389 e. The van der Waals surface area contributed by atoms with Gasteiger partial charge in [-0.05, 0) is 25.2 Å². The molecular weight excluding hydrogens is 226 g/mol. The Labute approximate surface area is 111 Å². The van der Waals surface area contributed by atoms with Crippen molar-refractivity contribution in [2.75, 3.05) is 13.2 Å². The first-order chi connectivity index (χ1) is 8.67. The molecule has 2 N–H and O–H groups in total. The summed E-state index contributed by atoms with van der Waals surface area (Å²) in [5.74, 6) is 3.28. The van der Waals surface area contributed by atoms with Gasteiger partial charge in [0.1, 0.15) is 0 Å². The Bertz CT molecular complexity index is 262. The van der Waals surface area contributed by atoms with Gasteiger partial charge in [0, 0.05) is 6.54 Å². The Hall–Kier alpha value is -0.560. The van der Waals surface area contributed by atoms with Crippen molar-refractivity contribution in [1.29, 1.82) is 0 Å². The van der Waals surface area contributed by atoms with Gasteiger partial charge in [-0.2, -0.15) is 0 Å². The van der Waals surface area contributed by atoms with Crippen molar-refractivity contribution in [3.05, 3.63) is 0 Å². The van der Waals surface area contributed by atoms with Crippen LogP contribution in [0.25, 0.3) is 0 Å². The van der Waals surface area contributed by atoms with Gasteiger partial charge < -0.3 is 15.2 Å². The van der Waals surface area contributed by atoms with Crippen LogP contribution in [0.5, 0.6) is 0 Å². The van der Waals surface area contributed by atoms with Crippen LogP contribution in [0.4, 0.5) is 0 Å². The van der Waals surface area contributed by atoms with Crippen LogP contribution in [0.2, 0.25) is 0 Å². The minimum absolute atomic E-state index is 0.0493. The van der Waals surface area contributed by atoms with Crippen LogP contribution in [0, 0.1) is 18.3 Å². The van der Waals surface area contributed by atoms with Crippen molar-refractivity contribution in [1.82, 2.24) is 5.32 Å². The molecule has 4 unspecified atom stereocenters. The molecule has 1 aliphatic carbocycles. The second-order valence-electron chi connectivity index (χ2n) is 5.32. The van der Waals surface area contributed by atoms with Crippen LogP contribution >= 0.6 is 0 Å². The Morgan fingerprint density at radius 1 is 1.44 bits per heavy atom. The number of terminal acetylenes is 1. The molecule has 1 saturated carbocycles. The van der Waals surface area contributed by atoms with Gasteiger partial charge in [-0.15, -0.1) is 6.42 Å². The van der Waals surface area contributed by atoms with E-state index in [0.29, 0.717) is 25.2 Å². The number of aliphatic hydroxyl groups is 1. The van der Waals surface area contributed by atoms with Gasteiger partial charge in [0.05, 0.1) is 24.9 Å². The average Bonchev–Trinajstić information content (AvgIpc) is 2.39. The Morgan fingerprint density at radius 2 is 2.17 bits per heavy atom. The Kier molecular flexibility index (Phi) is 7.34. The Balaban J connectivity index is 2.16. The second-order valence-corrected chi connectivity index (χ2v) is 5.32. The highest BCUT2D eigenvalue weighted by Crippen LogP contribution is 2.26. The summed E-state index contributed by atoms with van der Waals surface area (Å²) in [5.41, 5.74) is 0. The normalized spacial score (nSPS) is 27.4. The summed E-state index contributed by atoms with van der Waals surface area (Å²) in [6.45, 7) is 5.18. The van der Waals surface area contributed by atoms with Crippen LogP contribution in [0.1, 0.15) is 46.0 Å². The molecule has 3 heteroatoms. The second kappa shape index (κ2) is 8.53. The summed E-state index contributed by atoms with van der Waals surface area (Å²) in [4.78, 5) is 0. The maximum Gasteiger partial charge on any atom is 0.0898 e. The zero-order valence-electron chi connectivity index (χ0n) is 11.7. The fourth-order valence-corrected chi connectivity index (χ4v) is 2.42.